The van der Waals surface area contributed by atoms with Crippen molar-refractivity contribution in [3.63, 3.8) is 0 Å². The van der Waals surface area contributed by atoms with Gasteiger partial charge in [0.05, 0.1) is 30.7 Å². The molecule has 2 aromatic carbocycles. The van der Waals surface area contributed by atoms with Gasteiger partial charge in [-0.3, -0.25) is 0 Å². The molecule has 0 fully saturated rings. The van der Waals surface area contributed by atoms with Gasteiger partial charge in [0.15, 0.2) is 0 Å². The molecule has 8 heteroatoms. The maximum absolute atomic E-state index is 13.1. The normalized spacial score (nSPS) is 11.7. The zero-order valence-electron chi connectivity index (χ0n) is 12.9. The zero-order valence-corrected chi connectivity index (χ0v) is 13.8. The molecule has 0 saturated heterocycles. The largest absolute Gasteiger partial charge is 0.418 e. The van der Waals surface area contributed by atoms with Crippen molar-refractivity contribution in [1.82, 2.24) is 15.0 Å². The molecule has 0 aliphatic carbocycles. The highest BCUT2D eigenvalue weighted by atomic mass is 32.1. The minimum Gasteiger partial charge on any atom is -0.370 e. The summed E-state index contributed by atoms with van der Waals surface area (Å²) < 4.78 is 45.9. The molecule has 0 radical (unpaired) electrons. The second kappa shape index (κ2) is 7.28. The molecule has 0 amide bonds. The minimum atomic E-state index is -4.46. The number of thiol groups is 1. The maximum Gasteiger partial charge on any atom is 0.418 e. The van der Waals surface area contributed by atoms with E-state index in [1.54, 1.807) is 0 Å². The molecular formula is C17H14F3N3OS. The fourth-order valence-corrected chi connectivity index (χ4v) is 2.52. The van der Waals surface area contributed by atoms with Crippen molar-refractivity contribution < 1.29 is 17.9 Å². The van der Waals surface area contributed by atoms with Gasteiger partial charge in [-0.15, -0.1) is 17.7 Å². The van der Waals surface area contributed by atoms with Gasteiger partial charge in [0.25, 0.3) is 0 Å². The molecule has 0 spiro atoms. The van der Waals surface area contributed by atoms with Crippen LogP contribution in [0.2, 0.25) is 0 Å². The number of hydrogen-bond acceptors (Lipinski definition) is 4. The summed E-state index contributed by atoms with van der Waals surface area (Å²) in [6, 6.07) is 12.7. The molecule has 0 aliphatic rings. The number of para-hydroxylation sites is 1. The summed E-state index contributed by atoms with van der Waals surface area (Å²) in [5, 5.41) is 7.65. The number of rotatable bonds is 5. The summed E-state index contributed by atoms with van der Waals surface area (Å²) in [4.78, 5) is 0.810. The van der Waals surface area contributed by atoms with Crippen molar-refractivity contribution in [3.05, 3.63) is 71.5 Å². The lowest BCUT2D eigenvalue weighted by molar-refractivity contribution is -0.137. The van der Waals surface area contributed by atoms with Crippen LogP contribution in [0.25, 0.3) is 5.69 Å². The van der Waals surface area contributed by atoms with Gasteiger partial charge >= 0.3 is 6.18 Å². The molecule has 0 bridgehead atoms. The quantitative estimate of drug-likeness (QED) is 0.686. The molecule has 0 atom stereocenters. The van der Waals surface area contributed by atoms with Crippen molar-refractivity contribution >= 4 is 12.6 Å². The number of aromatic nitrogens is 3. The van der Waals surface area contributed by atoms with Gasteiger partial charge in [0.2, 0.25) is 0 Å². The molecule has 0 aliphatic heterocycles. The van der Waals surface area contributed by atoms with Gasteiger partial charge in [0, 0.05) is 4.90 Å². The lowest BCUT2D eigenvalue weighted by atomic mass is 10.1. The van der Waals surface area contributed by atoms with Crippen LogP contribution in [0.1, 0.15) is 16.8 Å². The predicted molar refractivity (Wildman–Crippen MR) is 88.5 cm³/mol. The third-order valence-electron chi connectivity index (χ3n) is 3.50. The Morgan fingerprint density at radius 2 is 1.72 bits per heavy atom. The number of alkyl halides is 3. The first-order valence-corrected chi connectivity index (χ1v) is 7.82. The first-order valence-electron chi connectivity index (χ1n) is 7.37. The van der Waals surface area contributed by atoms with Gasteiger partial charge < -0.3 is 4.74 Å². The topological polar surface area (TPSA) is 39.9 Å². The second-order valence-corrected chi connectivity index (χ2v) is 5.77. The van der Waals surface area contributed by atoms with Gasteiger partial charge in [-0.2, -0.15) is 13.2 Å². The lowest BCUT2D eigenvalue weighted by Crippen LogP contribution is -2.10. The minimum absolute atomic E-state index is 0.0746. The van der Waals surface area contributed by atoms with Crippen LogP contribution < -0.4 is 0 Å². The van der Waals surface area contributed by atoms with E-state index in [1.165, 1.54) is 24.4 Å². The van der Waals surface area contributed by atoms with Crippen LogP contribution in [0.3, 0.4) is 0 Å². The van der Waals surface area contributed by atoms with Crippen molar-refractivity contribution in [1.29, 1.82) is 0 Å². The lowest BCUT2D eigenvalue weighted by Gasteiger charge is -2.11. The van der Waals surface area contributed by atoms with Gasteiger partial charge in [0.1, 0.15) is 5.69 Å². The molecule has 1 heterocycles. The van der Waals surface area contributed by atoms with E-state index in [4.69, 9.17) is 4.74 Å². The summed E-state index contributed by atoms with van der Waals surface area (Å²) in [7, 11) is 0. The molecule has 3 rings (SSSR count). The summed E-state index contributed by atoms with van der Waals surface area (Å²) in [5.41, 5.74) is 0.514. The van der Waals surface area contributed by atoms with E-state index in [0.29, 0.717) is 12.3 Å². The maximum atomic E-state index is 13.1. The van der Waals surface area contributed by atoms with Gasteiger partial charge in [-0.1, -0.05) is 35.5 Å². The highest BCUT2D eigenvalue weighted by Gasteiger charge is 2.33. The molecule has 0 saturated carbocycles. The molecule has 3 aromatic rings. The number of halogens is 3. The predicted octanol–water partition coefficient (Wildman–Crippen LogP) is 4.29. The van der Waals surface area contributed by atoms with E-state index >= 15 is 0 Å². The van der Waals surface area contributed by atoms with E-state index < -0.39 is 11.7 Å². The Morgan fingerprint density at radius 3 is 2.48 bits per heavy atom. The fraction of sp³-hybridized carbons (Fsp3) is 0.176. The summed E-state index contributed by atoms with van der Waals surface area (Å²) in [5.74, 6) is 0. The zero-order chi connectivity index (χ0) is 17.9. The van der Waals surface area contributed by atoms with E-state index in [-0.39, 0.29) is 12.3 Å². The summed E-state index contributed by atoms with van der Waals surface area (Å²) in [6.45, 7) is 0.460. The van der Waals surface area contributed by atoms with E-state index in [9.17, 15) is 13.2 Å². The Labute approximate surface area is 147 Å². The first kappa shape index (κ1) is 17.5. The molecule has 25 heavy (non-hydrogen) atoms. The van der Waals surface area contributed by atoms with Crippen molar-refractivity contribution in [2.45, 2.75) is 24.3 Å². The second-order valence-electron chi connectivity index (χ2n) is 5.29. The van der Waals surface area contributed by atoms with E-state index in [0.717, 1.165) is 21.2 Å². The summed E-state index contributed by atoms with van der Waals surface area (Å²) >= 11 is 4.33. The Kier molecular flexibility index (Phi) is 5.10. The Balaban J connectivity index is 1.70. The SMILES string of the molecule is FC(F)(F)c1ccccc1-n1cc(COCc2ccccc2S)nn1. The molecule has 4 nitrogen and oxygen atoms in total. The van der Waals surface area contributed by atoms with Crippen LogP contribution in [-0.2, 0) is 24.1 Å². The Hall–Kier alpha value is -2.32. The van der Waals surface area contributed by atoms with Crippen molar-refractivity contribution in [2.24, 2.45) is 0 Å². The average molecular weight is 365 g/mol. The monoisotopic (exact) mass is 365 g/mol. The fourth-order valence-electron chi connectivity index (χ4n) is 2.29. The smallest absolute Gasteiger partial charge is 0.370 e. The van der Waals surface area contributed by atoms with Crippen LogP contribution in [0.5, 0.6) is 0 Å². The number of ether oxygens (including phenoxy) is 1. The highest BCUT2D eigenvalue weighted by Crippen LogP contribution is 2.33. The molecular weight excluding hydrogens is 351 g/mol. The summed E-state index contributed by atoms with van der Waals surface area (Å²) in [6.07, 6.45) is -3.04. The van der Waals surface area contributed by atoms with Crippen LogP contribution in [0.15, 0.2) is 59.6 Å². The highest BCUT2D eigenvalue weighted by molar-refractivity contribution is 7.80. The van der Waals surface area contributed by atoms with Crippen molar-refractivity contribution in [3.8, 4) is 5.69 Å². The van der Waals surface area contributed by atoms with Crippen LogP contribution in [0, 0.1) is 0 Å². The first-order chi connectivity index (χ1) is 11.9. The third kappa shape index (κ3) is 4.21. The van der Waals surface area contributed by atoms with Crippen molar-refractivity contribution in [2.75, 3.05) is 0 Å². The standard InChI is InChI=1S/C17H14F3N3OS/c18-17(19,20)14-6-2-3-7-15(14)23-9-13(21-22-23)11-24-10-12-5-1-4-8-16(12)25/h1-9,25H,10-11H2. The molecule has 0 N–H and O–H groups in total. The van der Waals surface area contributed by atoms with Crippen LogP contribution in [-0.4, -0.2) is 15.0 Å². The Bertz CT molecular complexity index is 864. The molecule has 1 aromatic heterocycles. The Morgan fingerprint density at radius 1 is 1.00 bits per heavy atom. The third-order valence-corrected chi connectivity index (χ3v) is 3.93. The molecule has 0 unspecified atom stereocenters. The average Bonchev–Trinajstić information content (AvgIpc) is 3.05. The number of benzene rings is 2. The van der Waals surface area contributed by atoms with Crippen LogP contribution >= 0.6 is 12.6 Å². The molecule has 130 valence electrons. The van der Waals surface area contributed by atoms with E-state index in [2.05, 4.69) is 22.9 Å². The van der Waals surface area contributed by atoms with E-state index in [1.807, 2.05) is 24.3 Å². The van der Waals surface area contributed by atoms with Gasteiger partial charge in [-0.25, -0.2) is 4.68 Å². The van der Waals surface area contributed by atoms with Crippen LogP contribution in [0.4, 0.5) is 13.2 Å². The number of hydrogen-bond donors (Lipinski definition) is 1. The van der Waals surface area contributed by atoms with Gasteiger partial charge in [-0.05, 0) is 23.8 Å². The number of nitrogens with zero attached hydrogens (tertiary/aromatic N) is 3.